The maximum absolute atomic E-state index is 14.2. The monoisotopic (exact) mass is 446 g/mol. The molecule has 2 aromatic carbocycles. The van der Waals surface area contributed by atoms with Crippen molar-refractivity contribution in [2.75, 3.05) is 24.5 Å². The molecule has 1 fully saturated rings. The lowest BCUT2D eigenvalue weighted by Crippen LogP contribution is -2.36. The molecular weight excluding hydrogens is 415 g/mol. The Kier molecular flexibility index (Phi) is 6.27. The summed E-state index contributed by atoms with van der Waals surface area (Å²) in [5.41, 5.74) is 3.95. The van der Waals surface area contributed by atoms with Crippen molar-refractivity contribution in [1.29, 1.82) is 0 Å². The number of hydrogen-bond donors (Lipinski definition) is 0. The molecule has 5 nitrogen and oxygen atoms in total. The van der Waals surface area contributed by atoms with E-state index in [-0.39, 0.29) is 5.82 Å². The average molecular weight is 447 g/mol. The fourth-order valence-electron chi connectivity index (χ4n) is 4.58. The topological polar surface area (TPSA) is 41.5 Å². The third-order valence-electron chi connectivity index (χ3n) is 6.74. The molecule has 0 atom stereocenters. The van der Waals surface area contributed by atoms with E-state index in [1.165, 1.54) is 11.6 Å². The summed E-state index contributed by atoms with van der Waals surface area (Å²) in [7, 11) is 0. The summed E-state index contributed by atoms with van der Waals surface area (Å²) >= 11 is 0. The molecule has 0 bridgehead atoms. The summed E-state index contributed by atoms with van der Waals surface area (Å²) in [5.74, 6) is 2.74. The van der Waals surface area contributed by atoms with E-state index in [2.05, 4.69) is 23.6 Å². The Morgan fingerprint density at radius 1 is 1.00 bits per heavy atom. The molecule has 2 aliphatic rings. The number of nitrogens with zero attached hydrogens (tertiary/aromatic N) is 4. The Hall–Kier alpha value is -2.99. The van der Waals surface area contributed by atoms with Crippen LogP contribution in [0.2, 0.25) is 0 Å². The zero-order chi connectivity index (χ0) is 22.8. The molecule has 33 heavy (non-hydrogen) atoms. The third kappa shape index (κ3) is 5.01. The molecule has 1 saturated heterocycles. The maximum atomic E-state index is 14.2. The van der Waals surface area contributed by atoms with E-state index >= 15 is 0 Å². The van der Waals surface area contributed by atoms with Gasteiger partial charge in [-0.2, -0.15) is 4.98 Å². The highest BCUT2D eigenvalue weighted by atomic mass is 19.1. The summed E-state index contributed by atoms with van der Waals surface area (Å²) < 4.78 is 20.6. The van der Waals surface area contributed by atoms with E-state index in [1.807, 2.05) is 36.4 Å². The second-order valence-corrected chi connectivity index (χ2v) is 9.39. The fourth-order valence-corrected chi connectivity index (χ4v) is 4.58. The van der Waals surface area contributed by atoms with Gasteiger partial charge in [0.1, 0.15) is 11.6 Å². The molecule has 0 unspecified atom stereocenters. The van der Waals surface area contributed by atoms with Crippen molar-refractivity contribution < 1.29 is 9.13 Å². The third-order valence-corrected chi connectivity index (χ3v) is 6.74. The van der Waals surface area contributed by atoms with Crippen LogP contribution in [-0.4, -0.2) is 34.5 Å². The maximum Gasteiger partial charge on any atom is 0.228 e. The van der Waals surface area contributed by atoms with Gasteiger partial charge in [-0.3, -0.25) is 4.90 Å². The van der Waals surface area contributed by atoms with Gasteiger partial charge in [0.25, 0.3) is 0 Å². The predicted octanol–water partition coefficient (Wildman–Crippen LogP) is 5.51. The summed E-state index contributed by atoms with van der Waals surface area (Å²) in [6, 6.07) is 15.0. The highest BCUT2D eigenvalue weighted by molar-refractivity contribution is 5.44. The number of benzene rings is 2. The molecule has 1 aromatic heterocycles. The first-order chi connectivity index (χ1) is 16.0. The molecule has 0 amide bonds. The Balaban J connectivity index is 1.45. The van der Waals surface area contributed by atoms with Crippen LogP contribution in [0, 0.1) is 18.7 Å². The molecule has 0 spiro atoms. The van der Waals surface area contributed by atoms with Crippen LogP contribution in [0.15, 0.2) is 48.5 Å². The van der Waals surface area contributed by atoms with Crippen LogP contribution in [0.3, 0.4) is 0 Å². The van der Waals surface area contributed by atoms with Crippen LogP contribution in [0.4, 0.5) is 10.3 Å². The largest absolute Gasteiger partial charge is 0.439 e. The van der Waals surface area contributed by atoms with Gasteiger partial charge in [-0.05, 0) is 43.9 Å². The molecule has 172 valence electrons. The minimum absolute atomic E-state index is 0.162. The molecule has 6 heteroatoms. The summed E-state index contributed by atoms with van der Waals surface area (Å²) in [5, 5.41) is 0. The lowest BCUT2D eigenvalue weighted by atomic mass is 9.99. The fraction of sp³-hybridized carbons (Fsp3) is 0.407. The molecule has 0 radical (unpaired) electrons. The van der Waals surface area contributed by atoms with Crippen LogP contribution < -0.4 is 9.64 Å². The van der Waals surface area contributed by atoms with Crippen molar-refractivity contribution >= 4 is 5.95 Å². The summed E-state index contributed by atoms with van der Waals surface area (Å²) in [6.45, 7) is 8.35. The van der Waals surface area contributed by atoms with Crippen LogP contribution in [0.5, 0.6) is 11.6 Å². The van der Waals surface area contributed by atoms with Gasteiger partial charge in [-0.25, -0.2) is 9.37 Å². The number of rotatable bonds is 5. The van der Waals surface area contributed by atoms with Crippen LogP contribution in [0.1, 0.15) is 42.1 Å². The van der Waals surface area contributed by atoms with Gasteiger partial charge < -0.3 is 9.64 Å². The van der Waals surface area contributed by atoms with Gasteiger partial charge in [0.05, 0.1) is 11.3 Å². The smallest absolute Gasteiger partial charge is 0.228 e. The van der Waals surface area contributed by atoms with Crippen LogP contribution in [-0.2, 0) is 19.5 Å². The number of aryl methyl sites for hydroxylation is 1. The van der Waals surface area contributed by atoms with Gasteiger partial charge in [0.2, 0.25) is 11.8 Å². The quantitative estimate of drug-likeness (QED) is 0.517. The number of halogens is 1. The highest BCUT2D eigenvalue weighted by Crippen LogP contribution is 2.33. The zero-order valence-corrected chi connectivity index (χ0v) is 19.4. The van der Waals surface area contributed by atoms with Gasteiger partial charge in [0, 0.05) is 44.7 Å². The first kappa shape index (κ1) is 21.8. The molecule has 0 aliphatic carbocycles. The molecular formula is C27H31FN4O. The molecule has 0 saturated carbocycles. The number of ether oxygens (including phenoxy) is 1. The molecule has 5 rings (SSSR count). The van der Waals surface area contributed by atoms with E-state index in [0.29, 0.717) is 24.5 Å². The number of anilines is 1. The number of aromatic nitrogens is 2. The standard InChI is InChI=1S/C27H31FN4O/c1-19-7-9-22(10-8-19)33-26-23-18-31(17-21-5-3-4-6-24(21)28)14-13-25(23)29-27(30-26)32-15-11-20(2)12-16-32/h3-10,20H,11-18H2,1-2H3. The Labute approximate surface area is 195 Å². The van der Waals surface area contributed by atoms with Gasteiger partial charge in [-0.1, -0.05) is 42.8 Å². The second-order valence-electron chi connectivity index (χ2n) is 9.39. The lowest BCUT2D eigenvalue weighted by Gasteiger charge is -2.33. The minimum Gasteiger partial charge on any atom is -0.439 e. The van der Waals surface area contributed by atoms with Crippen molar-refractivity contribution in [3.8, 4) is 11.6 Å². The summed E-state index contributed by atoms with van der Waals surface area (Å²) in [4.78, 5) is 14.4. The number of piperidine rings is 1. The van der Waals surface area contributed by atoms with Gasteiger partial charge in [0.15, 0.2) is 0 Å². The van der Waals surface area contributed by atoms with Crippen molar-refractivity contribution in [1.82, 2.24) is 14.9 Å². The van der Waals surface area contributed by atoms with E-state index in [0.717, 1.165) is 67.8 Å². The second kappa shape index (κ2) is 9.48. The van der Waals surface area contributed by atoms with Crippen molar-refractivity contribution in [2.45, 2.75) is 46.2 Å². The predicted molar refractivity (Wildman–Crippen MR) is 128 cm³/mol. The number of hydrogen-bond acceptors (Lipinski definition) is 5. The van der Waals surface area contributed by atoms with E-state index < -0.39 is 0 Å². The summed E-state index contributed by atoms with van der Waals surface area (Å²) in [6.07, 6.45) is 3.11. The van der Waals surface area contributed by atoms with Gasteiger partial charge >= 0.3 is 0 Å². The van der Waals surface area contributed by atoms with Crippen molar-refractivity contribution in [3.05, 3.63) is 76.7 Å². The van der Waals surface area contributed by atoms with E-state index in [9.17, 15) is 4.39 Å². The van der Waals surface area contributed by atoms with Crippen LogP contribution >= 0.6 is 0 Å². The van der Waals surface area contributed by atoms with Gasteiger partial charge in [-0.15, -0.1) is 0 Å². The SMILES string of the molecule is Cc1ccc(Oc2nc(N3CCC(C)CC3)nc3c2CN(Cc2ccccc2F)CC3)cc1. The first-order valence-electron chi connectivity index (χ1n) is 11.9. The molecule has 3 aromatic rings. The Bertz CT molecular complexity index is 1110. The highest BCUT2D eigenvalue weighted by Gasteiger charge is 2.27. The Morgan fingerprint density at radius 3 is 2.52 bits per heavy atom. The van der Waals surface area contributed by atoms with Crippen molar-refractivity contribution in [2.24, 2.45) is 5.92 Å². The molecule has 2 aliphatic heterocycles. The Morgan fingerprint density at radius 2 is 1.76 bits per heavy atom. The van der Waals surface area contributed by atoms with Crippen molar-refractivity contribution in [3.63, 3.8) is 0 Å². The normalized spacial score (nSPS) is 17.1. The average Bonchev–Trinajstić information content (AvgIpc) is 2.82. The number of fused-ring (bicyclic) bond motifs is 1. The molecule has 0 N–H and O–H groups in total. The molecule has 3 heterocycles. The van der Waals surface area contributed by atoms with E-state index in [1.54, 1.807) is 6.07 Å². The zero-order valence-electron chi connectivity index (χ0n) is 19.4. The van der Waals surface area contributed by atoms with Crippen LogP contribution in [0.25, 0.3) is 0 Å². The van der Waals surface area contributed by atoms with E-state index in [4.69, 9.17) is 14.7 Å². The minimum atomic E-state index is -0.162. The lowest BCUT2D eigenvalue weighted by molar-refractivity contribution is 0.235. The first-order valence-corrected chi connectivity index (χ1v) is 11.9.